The highest BCUT2D eigenvalue weighted by molar-refractivity contribution is 5.78. The van der Waals surface area contributed by atoms with Gasteiger partial charge in [-0.3, -0.25) is 0 Å². The van der Waals surface area contributed by atoms with Crippen molar-refractivity contribution < 1.29 is 14.6 Å². The number of aliphatic hydroxyl groups is 1. The summed E-state index contributed by atoms with van der Waals surface area (Å²) >= 11 is 0. The maximum atomic E-state index is 12.1. The van der Waals surface area contributed by atoms with Gasteiger partial charge in [-0.15, -0.1) is 0 Å². The van der Waals surface area contributed by atoms with Crippen LogP contribution in [0.3, 0.4) is 0 Å². The van der Waals surface area contributed by atoms with E-state index in [1.807, 2.05) is 49.9 Å². The molecule has 1 heterocycles. The Hall–Kier alpha value is -2.28. The van der Waals surface area contributed by atoms with E-state index in [0.717, 1.165) is 11.1 Å². The molecule has 1 aliphatic heterocycles. The van der Waals surface area contributed by atoms with Crippen molar-refractivity contribution in [3.05, 3.63) is 35.4 Å². The van der Waals surface area contributed by atoms with Gasteiger partial charge >= 0.3 is 6.09 Å². The lowest BCUT2D eigenvalue weighted by Crippen LogP contribution is -2.53. The average Bonchev–Trinajstić information content (AvgIpc) is 2.58. The van der Waals surface area contributed by atoms with E-state index >= 15 is 0 Å². The number of ether oxygens (including phenoxy) is 1. The lowest BCUT2D eigenvalue weighted by molar-refractivity contribution is 0.0186. The number of aliphatic imine (C=N–C) groups is 1. The molecule has 1 saturated heterocycles. The molecule has 0 spiro atoms. The quantitative estimate of drug-likeness (QED) is 0.639. The van der Waals surface area contributed by atoms with Crippen molar-refractivity contribution in [2.45, 2.75) is 39.5 Å². The highest BCUT2D eigenvalue weighted by Gasteiger charge is 2.26. The predicted molar refractivity (Wildman–Crippen MR) is 97.1 cm³/mol. The number of piperazine rings is 1. The van der Waals surface area contributed by atoms with Crippen molar-refractivity contribution in [1.82, 2.24) is 9.80 Å². The Morgan fingerprint density at radius 1 is 1.16 bits per heavy atom. The van der Waals surface area contributed by atoms with Crippen LogP contribution < -0.4 is 5.73 Å². The number of benzene rings is 1. The molecule has 3 N–H and O–H groups in total. The summed E-state index contributed by atoms with van der Waals surface area (Å²) in [6, 6.07) is 7.61. The number of hydrogen-bond acceptors (Lipinski definition) is 4. The Morgan fingerprint density at radius 2 is 1.72 bits per heavy atom. The van der Waals surface area contributed by atoms with E-state index in [1.165, 1.54) is 0 Å². The molecule has 25 heavy (non-hydrogen) atoms. The minimum absolute atomic E-state index is 0.0137. The second kappa shape index (κ2) is 8.20. The number of amides is 1. The largest absolute Gasteiger partial charge is 0.444 e. The summed E-state index contributed by atoms with van der Waals surface area (Å²) in [5, 5.41) is 9.35. The second-order valence-electron chi connectivity index (χ2n) is 7.06. The first-order valence-electron chi connectivity index (χ1n) is 8.50. The molecular formula is C18H28N4O3. The minimum Gasteiger partial charge on any atom is -0.444 e. The van der Waals surface area contributed by atoms with Crippen LogP contribution in [0.4, 0.5) is 4.79 Å². The van der Waals surface area contributed by atoms with Gasteiger partial charge in [0.2, 0.25) is 0 Å². The molecule has 0 unspecified atom stereocenters. The molecule has 1 aromatic rings. The molecule has 0 saturated carbocycles. The Bertz CT molecular complexity index is 617. The molecule has 0 radical (unpaired) electrons. The van der Waals surface area contributed by atoms with E-state index in [1.54, 1.807) is 4.90 Å². The normalized spacial score (nSPS) is 16.1. The zero-order valence-corrected chi connectivity index (χ0v) is 15.2. The molecular weight excluding hydrogens is 320 g/mol. The van der Waals surface area contributed by atoms with Gasteiger partial charge in [0.15, 0.2) is 5.96 Å². The molecule has 0 aliphatic carbocycles. The number of carbonyl (C=O) groups is 1. The number of nitrogens with two attached hydrogens (primary N) is 1. The van der Waals surface area contributed by atoms with Gasteiger partial charge in [-0.1, -0.05) is 24.3 Å². The Balaban J connectivity index is 1.88. The van der Waals surface area contributed by atoms with Gasteiger partial charge in [0.25, 0.3) is 0 Å². The summed E-state index contributed by atoms with van der Waals surface area (Å²) < 4.78 is 5.39. The van der Waals surface area contributed by atoms with Crippen LogP contribution in [-0.4, -0.2) is 58.7 Å². The highest BCUT2D eigenvalue weighted by Crippen LogP contribution is 2.13. The van der Waals surface area contributed by atoms with Crippen molar-refractivity contribution in [3.63, 3.8) is 0 Å². The third kappa shape index (κ3) is 5.63. The lowest BCUT2D eigenvalue weighted by atomic mass is 10.1. The fraction of sp³-hybridized carbons (Fsp3) is 0.556. The summed E-state index contributed by atoms with van der Waals surface area (Å²) in [5.74, 6) is 0.455. The van der Waals surface area contributed by atoms with Crippen molar-refractivity contribution in [3.8, 4) is 0 Å². The topological polar surface area (TPSA) is 91.4 Å². The van der Waals surface area contributed by atoms with Gasteiger partial charge in [-0.2, -0.15) is 0 Å². The zero-order chi connectivity index (χ0) is 18.4. The first-order chi connectivity index (χ1) is 11.8. The summed E-state index contributed by atoms with van der Waals surface area (Å²) in [6.45, 7) is 8.33. The van der Waals surface area contributed by atoms with Gasteiger partial charge in [-0.25, -0.2) is 9.79 Å². The van der Waals surface area contributed by atoms with E-state index in [2.05, 4.69) is 4.99 Å². The second-order valence-corrected chi connectivity index (χ2v) is 7.06. The Labute approximate surface area is 149 Å². The Morgan fingerprint density at radius 3 is 2.28 bits per heavy atom. The smallest absolute Gasteiger partial charge is 0.410 e. The number of nitrogens with zero attached hydrogens (tertiary/aromatic N) is 3. The predicted octanol–water partition coefficient (Wildman–Crippen LogP) is 1.55. The number of guanidine groups is 1. The van der Waals surface area contributed by atoms with Crippen molar-refractivity contribution in [2.75, 3.05) is 26.2 Å². The molecule has 0 bridgehead atoms. The number of carbonyl (C=O) groups excluding carboxylic acids is 1. The van der Waals surface area contributed by atoms with Crippen LogP contribution in [0.15, 0.2) is 29.3 Å². The van der Waals surface area contributed by atoms with Gasteiger partial charge < -0.3 is 25.4 Å². The lowest BCUT2D eigenvalue weighted by Gasteiger charge is -2.36. The zero-order valence-electron chi connectivity index (χ0n) is 15.2. The van der Waals surface area contributed by atoms with Crippen LogP contribution in [0.25, 0.3) is 0 Å². The first-order valence-corrected chi connectivity index (χ1v) is 8.50. The van der Waals surface area contributed by atoms with Crippen molar-refractivity contribution >= 4 is 12.1 Å². The SMILES string of the molecule is CC(C)(C)OC(=O)N1CCN(C(N)=NCc2ccccc2CO)CC1. The van der Waals surface area contributed by atoms with Crippen LogP contribution in [0.5, 0.6) is 0 Å². The molecule has 7 heteroatoms. The van der Waals surface area contributed by atoms with E-state index in [0.29, 0.717) is 38.7 Å². The summed E-state index contributed by atoms with van der Waals surface area (Å²) in [7, 11) is 0. The third-order valence-corrected chi connectivity index (χ3v) is 3.96. The monoisotopic (exact) mass is 348 g/mol. The molecule has 7 nitrogen and oxygen atoms in total. The van der Waals surface area contributed by atoms with Crippen LogP contribution >= 0.6 is 0 Å². The van der Waals surface area contributed by atoms with E-state index in [4.69, 9.17) is 10.5 Å². The maximum absolute atomic E-state index is 12.1. The van der Waals surface area contributed by atoms with E-state index < -0.39 is 5.60 Å². The van der Waals surface area contributed by atoms with Gasteiger partial charge in [0.05, 0.1) is 13.2 Å². The summed E-state index contributed by atoms with van der Waals surface area (Å²) in [6.07, 6.45) is -0.292. The molecule has 1 aromatic carbocycles. The van der Waals surface area contributed by atoms with E-state index in [9.17, 15) is 9.90 Å². The van der Waals surface area contributed by atoms with Crippen molar-refractivity contribution in [2.24, 2.45) is 10.7 Å². The van der Waals surface area contributed by atoms with Crippen LogP contribution in [0.1, 0.15) is 31.9 Å². The molecule has 2 rings (SSSR count). The fourth-order valence-electron chi connectivity index (χ4n) is 2.58. The van der Waals surface area contributed by atoms with Crippen LogP contribution in [0.2, 0.25) is 0 Å². The fourth-order valence-corrected chi connectivity index (χ4v) is 2.58. The molecule has 0 aromatic heterocycles. The summed E-state index contributed by atoms with van der Waals surface area (Å²) in [5.41, 5.74) is 7.41. The van der Waals surface area contributed by atoms with E-state index in [-0.39, 0.29) is 12.7 Å². The Kier molecular flexibility index (Phi) is 6.25. The molecule has 1 amide bonds. The van der Waals surface area contributed by atoms with Gasteiger partial charge in [-0.05, 0) is 31.9 Å². The standard InChI is InChI=1S/C18H28N4O3/c1-18(2,3)25-17(24)22-10-8-21(9-11-22)16(19)20-12-14-6-4-5-7-15(14)13-23/h4-7,23H,8-13H2,1-3H3,(H2,19,20). The average molecular weight is 348 g/mol. The number of hydrogen-bond donors (Lipinski definition) is 2. The third-order valence-electron chi connectivity index (χ3n) is 3.96. The van der Waals surface area contributed by atoms with Crippen LogP contribution in [-0.2, 0) is 17.9 Å². The molecule has 1 fully saturated rings. The van der Waals surface area contributed by atoms with Gasteiger partial charge in [0.1, 0.15) is 5.60 Å². The molecule has 138 valence electrons. The number of aliphatic hydroxyl groups excluding tert-OH is 1. The molecule has 0 atom stereocenters. The molecule has 1 aliphatic rings. The van der Waals surface area contributed by atoms with Crippen LogP contribution in [0, 0.1) is 0 Å². The van der Waals surface area contributed by atoms with Gasteiger partial charge in [0, 0.05) is 26.2 Å². The van der Waals surface area contributed by atoms with Crippen molar-refractivity contribution in [1.29, 1.82) is 0 Å². The summed E-state index contributed by atoms with van der Waals surface area (Å²) in [4.78, 5) is 20.2. The number of rotatable bonds is 3. The first kappa shape index (κ1) is 19.1. The highest BCUT2D eigenvalue weighted by atomic mass is 16.6. The minimum atomic E-state index is -0.491. The maximum Gasteiger partial charge on any atom is 0.410 e.